The highest BCUT2D eigenvalue weighted by atomic mass is 32.2. The molecule has 0 amide bonds. The van der Waals surface area contributed by atoms with Crippen LogP contribution in [0.3, 0.4) is 0 Å². The van der Waals surface area contributed by atoms with Crippen molar-refractivity contribution in [2.24, 2.45) is 0 Å². The van der Waals surface area contributed by atoms with Crippen LogP contribution in [0.5, 0.6) is 0 Å². The Hall–Kier alpha value is -2.26. The van der Waals surface area contributed by atoms with E-state index in [9.17, 15) is 10.1 Å². The lowest BCUT2D eigenvalue weighted by molar-refractivity contribution is -0.143. The van der Waals surface area contributed by atoms with E-state index in [-0.39, 0.29) is 12.0 Å². The molecule has 0 saturated heterocycles. The van der Waals surface area contributed by atoms with Crippen LogP contribution in [0.2, 0.25) is 0 Å². The number of allylic oxidation sites excluding steroid dienone is 1. The van der Waals surface area contributed by atoms with E-state index >= 15 is 0 Å². The number of ether oxygens (including phenoxy) is 1. The van der Waals surface area contributed by atoms with E-state index in [1.807, 2.05) is 48.2 Å². The van der Waals surface area contributed by atoms with Crippen molar-refractivity contribution in [3.63, 3.8) is 0 Å². The molecule has 0 bridgehead atoms. The fourth-order valence-corrected chi connectivity index (χ4v) is 3.95. The van der Waals surface area contributed by atoms with Gasteiger partial charge in [0, 0.05) is 11.4 Å². The second-order valence-corrected chi connectivity index (χ2v) is 6.95. The zero-order valence-electron chi connectivity index (χ0n) is 13.2. The van der Waals surface area contributed by atoms with Gasteiger partial charge in [0.15, 0.2) is 5.69 Å². The summed E-state index contributed by atoms with van der Waals surface area (Å²) in [6, 6.07) is 8.07. The lowest BCUT2D eigenvalue weighted by atomic mass is 9.93. The molecule has 0 radical (unpaired) electrons. The number of methoxy groups -OCH3 is 1. The summed E-state index contributed by atoms with van der Waals surface area (Å²) in [5, 5.41) is 16.4. The Morgan fingerprint density at radius 1 is 1.52 bits per heavy atom. The highest BCUT2D eigenvalue weighted by molar-refractivity contribution is 8.04. The van der Waals surface area contributed by atoms with Crippen molar-refractivity contribution in [3.05, 3.63) is 40.9 Å². The Labute approximate surface area is 138 Å². The standard InChI is InChI=1S/C17H17N3O2S/c1-11(2)20-15-6-5-12(9-13(15)14(10-18)19-20)17(16(21)22-3)7-4-8-23-17/h4-6,8-9,11H,7H2,1-3H3. The largest absolute Gasteiger partial charge is 0.468 e. The average Bonchev–Trinajstić information content (AvgIpc) is 3.18. The number of aromatic nitrogens is 2. The van der Waals surface area contributed by atoms with E-state index in [4.69, 9.17) is 4.74 Å². The fourth-order valence-electron chi connectivity index (χ4n) is 2.89. The van der Waals surface area contributed by atoms with E-state index in [0.29, 0.717) is 12.1 Å². The molecular weight excluding hydrogens is 310 g/mol. The van der Waals surface area contributed by atoms with E-state index in [2.05, 4.69) is 11.2 Å². The normalized spacial score (nSPS) is 20.1. The smallest absolute Gasteiger partial charge is 0.327 e. The maximum Gasteiger partial charge on any atom is 0.327 e. The first-order chi connectivity index (χ1) is 11.0. The molecule has 0 N–H and O–H groups in total. The molecule has 23 heavy (non-hydrogen) atoms. The van der Waals surface area contributed by atoms with Gasteiger partial charge in [0.05, 0.1) is 12.6 Å². The highest BCUT2D eigenvalue weighted by Gasteiger charge is 2.43. The molecule has 6 heteroatoms. The molecule has 0 saturated carbocycles. The van der Waals surface area contributed by atoms with E-state index < -0.39 is 4.75 Å². The Morgan fingerprint density at radius 2 is 2.30 bits per heavy atom. The van der Waals surface area contributed by atoms with Crippen molar-refractivity contribution in [2.75, 3.05) is 7.11 Å². The molecule has 3 rings (SSSR count). The second-order valence-electron chi connectivity index (χ2n) is 5.74. The number of thioether (sulfide) groups is 1. The van der Waals surface area contributed by atoms with Crippen LogP contribution >= 0.6 is 11.8 Å². The summed E-state index contributed by atoms with van der Waals surface area (Å²) in [5.41, 5.74) is 2.12. The number of esters is 1. The Morgan fingerprint density at radius 3 is 2.87 bits per heavy atom. The van der Waals surface area contributed by atoms with Gasteiger partial charge in [0.2, 0.25) is 0 Å². The van der Waals surface area contributed by atoms with Gasteiger partial charge in [-0.15, -0.1) is 11.8 Å². The second kappa shape index (κ2) is 5.74. The number of nitriles is 1. The topological polar surface area (TPSA) is 67.9 Å². The third-order valence-electron chi connectivity index (χ3n) is 4.05. The first-order valence-electron chi connectivity index (χ1n) is 7.37. The van der Waals surface area contributed by atoms with Gasteiger partial charge in [0.25, 0.3) is 0 Å². The van der Waals surface area contributed by atoms with Crippen molar-refractivity contribution >= 4 is 28.6 Å². The number of carbonyl (C=O) groups excluding carboxylic acids is 1. The molecule has 0 aliphatic carbocycles. The first-order valence-corrected chi connectivity index (χ1v) is 8.25. The summed E-state index contributed by atoms with van der Waals surface area (Å²) in [5.74, 6) is -0.276. The molecule has 1 aliphatic rings. The minimum atomic E-state index is -0.768. The minimum Gasteiger partial charge on any atom is -0.468 e. The summed E-state index contributed by atoms with van der Waals surface area (Å²) < 4.78 is 6.09. The van der Waals surface area contributed by atoms with Gasteiger partial charge in [-0.05, 0) is 43.4 Å². The Kier molecular flexibility index (Phi) is 3.90. The van der Waals surface area contributed by atoms with Gasteiger partial charge < -0.3 is 4.74 Å². The van der Waals surface area contributed by atoms with Gasteiger partial charge in [0.1, 0.15) is 10.8 Å². The molecule has 0 fully saturated rings. The lowest BCUT2D eigenvalue weighted by Gasteiger charge is -2.25. The fraction of sp³-hybridized carbons (Fsp3) is 0.353. The van der Waals surface area contributed by atoms with E-state index in [0.717, 1.165) is 16.5 Å². The van der Waals surface area contributed by atoms with E-state index in [1.165, 1.54) is 18.9 Å². The average molecular weight is 327 g/mol. The Balaban J connectivity index is 2.20. The maximum atomic E-state index is 12.4. The number of fused-ring (bicyclic) bond motifs is 1. The molecular formula is C17H17N3O2S. The van der Waals surface area contributed by atoms with Gasteiger partial charge in [-0.3, -0.25) is 9.48 Å². The van der Waals surface area contributed by atoms with Crippen LogP contribution in [-0.2, 0) is 14.3 Å². The monoisotopic (exact) mass is 327 g/mol. The molecule has 2 heterocycles. The number of hydrogen-bond donors (Lipinski definition) is 0. The third kappa shape index (κ3) is 2.32. The minimum absolute atomic E-state index is 0.155. The summed E-state index contributed by atoms with van der Waals surface area (Å²) in [6.45, 7) is 4.04. The first kappa shape index (κ1) is 15.6. The maximum absolute atomic E-state index is 12.4. The van der Waals surface area contributed by atoms with Crippen LogP contribution in [0.1, 0.15) is 37.6 Å². The van der Waals surface area contributed by atoms with Crippen LogP contribution in [0.15, 0.2) is 29.7 Å². The molecule has 1 aromatic carbocycles. The van der Waals surface area contributed by atoms with Crippen molar-refractivity contribution in [1.82, 2.24) is 9.78 Å². The molecule has 1 atom stereocenters. The lowest BCUT2D eigenvalue weighted by Crippen LogP contribution is -2.31. The summed E-state index contributed by atoms with van der Waals surface area (Å²) >= 11 is 1.45. The number of rotatable bonds is 3. The molecule has 1 unspecified atom stereocenters. The van der Waals surface area contributed by atoms with Crippen LogP contribution in [0.4, 0.5) is 0 Å². The van der Waals surface area contributed by atoms with Gasteiger partial charge >= 0.3 is 5.97 Å². The summed E-state index contributed by atoms with van der Waals surface area (Å²) in [4.78, 5) is 12.4. The van der Waals surface area contributed by atoms with Crippen molar-refractivity contribution < 1.29 is 9.53 Å². The molecule has 118 valence electrons. The molecule has 0 spiro atoms. The number of carbonyl (C=O) groups is 1. The third-order valence-corrected chi connectivity index (χ3v) is 5.35. The zero-order valence-corrected chi connectivity index (χ0v) is 14.1. The number of benzene rings is 1. The van der Waals surface area contributed by atoms with Crippen LogP contribution in [0, 0.1) is 11.3 Å². The quantitative estimate of drug-likeness (QED) is 0.807. The van der Waals surface area contributed by atoms with Crippen LogP contribution in [-0.4, -0.2) is 22.9 Å². The van der Waals surface area contributed by atoms with Crippen LogP contribution < -0.4 is 0 Å². The van der Waals surface area contributed by atoms with Gasteiger partial charge in [-0.2, -0.15) is 10.4 Å². The number of nitrogens with zero attached hydrogens (tertiary/aromatic N) is 3. The van der Waals surface area contributed by atoms with Crippen molar-refractivity contribution in [2.45, 2.75) is 31.1 Å². The SMILES string of the molecule is COC(=O)C1(c2ccc3c(c2)c(C#N)nn3C(C)C)CC=CS1. The highest BCUT2D eigenvalue weighted by Crippen LogP contribution is 2.47. The van der Waals surface area contributed by atoms with Crippen molar-refractivity contribution in [3.8, 4) is 6.07 Å². The molecule has 1 aromatic heterocycles. The van der Waals surface area contributed by atoms with Crippen LogP contribution in [0.25, 0.3) is 10.9 Å². The van der Waals surface area contributed by atoms with E-state index in [1.54, 1.807) is 0 Å². The molecule has 1 aliphatic heterocycles. The zero-order chi connectivity index (χ0) is 16.6. The van der Waals surface area contributed by atoms with Gasteiger partial charge in [-0.1, -0.05) is 12.1 Å². The summed E-state index contributed by atoms with van der Waals surface area (Å²) in [6.07, 6.45) is 2.55. The Bertz CT molecular complexity index is 837. The predicted octanol–water partition coefficient (Wildman–Crippen LogP) is 3.51. The number of hydrogen-bond acceptors (Lipinski definition) is 5. The molecule has 2 aromatic rings. The van der Waals surface area contributed by atoms with Crippen molar-refractivity contribution in [1.29, 1.82) is 5.26 Å². The summed E-state index contributed by atoms with van der Waals surface area (Å²) in [7, 11) is 1.40. The van der Waals surface area contributed by atoms with Gasteiger partial charge in [-0.25, -0.2) is 0 Å². The molecule has 5 nitrogen and oxygen atoms in total. The predicted molar refractivity (Wildman–Crippen MR) is 89.9 cm³/mol.